The zero-order valence-electron chi connectivity index (χ0n) is 23.8. The van der Waals surface area contributed by atoms with Crippen LogP contribution in [0.3, 0.4) is 0 Å². The topological polar surface area (TPSA) is 83.1 Å². The van der Waals surface area contributed by atoms with Gasteiger partial charge in [-0.25, -0.2) is 19.9 Å². The summed E-state index contributed by atoms with van der Waals surface area (Å²) in [6, 6.07) is 18.1. The summed E-state index contributed by atoms with van der Waals surface area (Å²) in [5.41, 5.74) is 10.3. The van der Waals surface area contributed by atoms with Crippen molar-refractivity contribution in [2.45, 2.75) is 58.8 Å². The maximum absolute atomic E-state index is 5.05. The smallest absolute Gasteiger partial charge is 0.116 e. The summed E-state index contributed by atoms with van der Waals surface area (Å²) in [7, 11) is 0. The standard InChI is InChI=1S/C35H32N6/c1-5-19(4)35-38-29-13-12-24-23-9-6-20(14-22(23)8-11-25(24)30(29)39-35)21-7-10-26-27(15-21)28-16-36-17-37-31(28)33-32(26)40-34(41-33)18(2)3/h6-11,14-19H,5,12-13H2,1-4H3,(H,38,39)(H,40,41). The van der Waals surface area contributed by atoms with E-state index < -0.39 is 0 Å². The molecule has 0 aliphatic heterocycles. The fraction of sp³-hybridized carbons (Fsp3) is 0.257. The van der Waals surface area contributed by atoms with Gasteiger partial charge in [0, 0.05) is 40.1 Å². The first-order valence-corrected chi connectivity index (χ1v) is 14.7. The maximum atomic E-state index is 5.05. The van der Waals surface area contributed by atoms with Crippen molar-refractivity contribution in [3.8, 4) is 22.4 Å². The number of fused-ring (bicyclic) bond motifs is 11. The van der Waals surface area contributed by atoms with Crippen LogP contribution >= 0.6 is 0 Å². The molecule has 1 aliphatic rings. The molecule has 4 aromatic carbocycles. The van der Waals surface area contributed by atoms with Crippen molar-refractivity contribution in [2.75, 3.05) is 0 Å². The third-order valence-electron chi connectivity index (χ3n) is 9.01. The van der Waals surface area contributed by atoms with Crippen LogP contribution in [0.25, 0.3) is 65.9 Å². The molecule has 0 saturated carbocycles. The molecule has 0 saturated heterocycles. The van der Waals surface area contributed by atoms with Crippen LogP contribution in [0.15, 0.2) is 61.1 Å². The number of nitrogens with one attached hydrogen (secondary N) is 2. The van der Waals surface area contributed by atoms with Gasteiger partial charge in [-0.2, -0.15) is 0 Å². The van der Waals surface area contributed by atoms with Crippen LogP contribution in [0, 0.1) is 0 Å². The average molecular weight is 537 g/mol. The first-order chi connectivity index (χ1) is 20.0. The van der Waals surface area contributed by atoms with E-state index in [1.807, 2.05) is 6.20 Å². The van der Waals surface area contributed by atoms with Crippen LogP contribution in [0.2, 0.25) is 0 Å². The monoisotopic (exact) mass is 536 g/mol. The van der Waals surface area contributed by atoms with Gasteiger partial charge < -0.3 is 9.97 Å². The predicted octanol–water partition coefficient (Wildman–Crippen LogP) is 8.61. The van der Waals surface area contributed by atoms with Crippen molar-refractivity contribution in [1.82, 2.24) is 29.9 Å². The van der Waals surface area contributed by atoms with Crippen molar-refractivity contribution in [2.24, 2.45) is 0 Å². The lowest BCUT2D eigenvalue weighted by Crippen LogP contribution is -2.04. The largest absolute Gasteiger partial charge is 0.345 e. The fourth-order valence-corrected chi connectivity index (χ4v) is 6.49. The van der Waals surface area contributed by atoms with E-state index in [9.17, 15) is 0 Å². The van der Waals surface area contributed by atoms with Crippen LogP contribution in [0.4, 0.5) is 0 Å². The third kappa shape index (κ3) is 3.63. The van der Waals surface area contributed by atoms with Gasteiger partial charge in [0.15, 0.2) is 0 Å². The van der Waals surface area contributed by atoms with Gasteiger partial charge in [0.2, 0.25) is 0 Å². The zero-order chi connectivity index (χ0) is 27.8. The molecule has 0 amide bonds. The summed E-state index contributed by atoms with van der Waals surface area (Å²) in [6.07, 6.45) is 6.65. The van der Waals surface area contributed by atoms with Crippen LogP contribution < -0.4 is 0 Å². The Balaban J connectivity index is 1.26. The normalized spacial score (nSPS) is 13.9. The molecule has 1 atom stereocenters. The van der Waals surface area contributed by atoms with Gasteiger partial charge in [0.1, 0.15) is 29.0 Å². The molecule has 0 bridgehead atoms. The highest BCUT2D eigenvalue weighted by Crippen LogP contribution is 2.40. The molecule has 8 rings (SSSR count). The van der Waals surface area contributed by atoms with E-state index in [1.54, 1.807) is 6.33 Å². The summed E-state index contributed by atoms with van der Waals surface area (Å²) in [5.74, 6) is 2.84. The van der Waals surface area contributed by atoms with Crippen molar-refractivity contribution < 1.29 is 0 Å². The molecule has 1 aliphatic carbocycles. The molecule has 2 N–H and O–H groups in total. The molecule has 3 aromatic heterocycles. The fourth-order valence-electron chi connectivity index (χ4n) is 6.49. The summed E-state index contributed by atoms with van der Waals surface area (Å²) < 4.78 is 0. The summed E-state index contributed by atoms with van der Waals surface area (Å²) in [6.45, 7) is 8.78. The Labute approximate surface area is 238 Å². The minimum Gasteiger partial charge on any atom is -0.345 e. The molecule has 3 heterocycles. The van der Waals surface area contributed by atoms with E-state index in [1.165, 1.54) is 38.7 Å². The molecule has 6 heteroatoms. The number of nitrogens with zero attached hydrogens (tertiary/aromatic N) is 4. The van der Waals surface area contributed by atoms with Gasteiger partial charge in [-0.1, -0.05) is 64.1 Å². The first-order valence-electron chi connectivity index (χ1n) is 14.7. The zero-order valence-corrected chi connectivity index (χ0v) is 23.8. The Bertz CT molecular complexity index is 2150. The molecule has 6 nitrogen and oxygen atoms in total. The quantitative estimate of drug-likeness (QED) is 0.221. The molecule has 0 spiro atoms. The maximum Gasteiger partial charge on any atom is 0.116 e. The number of rotatable bonds is 4. The molecule has 0 radical (unpaired) electrons. The SMILES string of the molecule is CCC(C)c1nc2c([nH]1)CCc1c-2ccc2cc(-c3ccc4c(c3)c3cncnc3c3nc(C(C)C)[nH]c43)ccc12. The average Bonchev–Trinajstić information content (AvgIpc) is 3.66. The summed E-state index contributed by atoms with van der Waals surface area (Å²) in [5, 5.41) is 5.90. The number of hydrogen-bond donors (Lipinski definition) is 2. The predicted molar refractivity (Wildman–Crippen MR) is 167 cm³/mol. The number of benzene rings is 4. The van der Waals surface area contributed by atoms with Gasteiger partial charge in [0.05, 0.1) is 11.2 Å². The third-order valence-corrected chi connectivity index (χ3v) is 9.01. The highest BCUT2D eigenvalue weighted by Gasteiger charge is 2.23. The second-order valence-corrected chi connectivity index (χ2v) is 11.8. The van der Waals surface area contributed by atoms with E-state index in [0.717, 1.165) is 69.3 Å². The van der Waals surface area contributed by atoms with Crippen molar-refractivity contribution in [3.63, 3.8) is 0 Å². The van der Waals surface area contributed by atoms with E-state index in [0.29, 0.717) is 11.8 Å². The Morgan fingerprint density at radius 3 is 2.44 bits per heavy atom. The van der Waals surface area contributed by atoms with E-state index in [-0.39, 0.29) is 0 Å². The van der Waals surface area contributed by atoms with Crippen LogP contribution in [0.1, 0.15) is 68.9 Å². The Kier molecular flexibility index (Phi) is 5.30. The second kappa shape index (κ2) is 8.96. The van der Waals surface area contributed by atoms with Gasteiger partial charge >= 0.3 is 0 Å². The number of aromatic amines is 2. The lowest BCUT2D eigenvalue weighted by molar-refractivity contribution is 0.687. The first kappa shape index (κ1) is 24.2. The summed E-state index contributed by atoms with van der Waals surface area (Å²) >= 11 is 0. The lowest BCUT2D eigenvalue weighted by atomic mass is 9.87. The van der Waals surface area contributed by atoms with E-state index >= 15 is 0 Å². The van der Waals surface area contributed by atoms with Gasteiger partial charge in [0.25, 0.3) is 0 Å². The second-order valence-electron chi connectivity index (χ2n) is 11.8. The number of aryl methyl sites for hydroxylation is 2. The number of hydrogen-bond acceptors (Lipinski definition) is 4. The molecule has 1 unspecified atom stereocenters. The molecular formula is C35H32N6. The minimum atomic E-state index is 0.304. The molecular weight excluding hydrogens is 504 g/mol. The molecule has 7 aromatic rings. The highest BCUT2D eigenvalue weighted by atomic mass is 15.0. The number of aromatic nitrogens is 6. The number of H-pyrrole nitrogens is 2. The minimum absolute atomic E-state index is 0.304. The van der Waals surface area contributed by atoms with Crippen LogP contribution in [-0.2, 0) is 12.8 Å². The van der Waals surface area contributed by atoms with E-state index in [4.69, 9.17) is 9.97 Å². The van der Waals surface area contributed by atoms with Crippen LogP contribution in [-0.4, -0.2) is 29.9 Å². The highest BCUT2D eigenvalue weighted by molar-refractivity contribution is 6.22. The molecule has 41 heavy (non-hydrogen) atoms. The summed E-state index contributed by atoms with van der Waals surface area (Å²) in [4.78, 5) is 26.2. The number of imidazole rings is 2. The Morgan fingerprint density at radius 1 is 0.780 bits per heavy atom. The lowest BCUT2D eigenvalue weighted by Gasteiger charge is -2.18. The molecule has 202 valence electrons. The van der Waals surface area contributed by atoms with E-state index in [2.05, 4.69) is 96.2 Å². The van der Waals surface area contributed by atoms with Crippen LogP contribution in [0.5, 0.6) is 0 Å². The van der Waals surface area contributed by atoms with Gasteiger partial charge in [-0.15, -0.1) is 0 Å². The Hall–Kier alpha value is -4.58. The Morgan fingerprint density at radius 2 is 1.61 bits per heavy atom. The van der Waals surface area contributed by atoms with Gasteiger partial charge in [-0.3, -0.25) is 0 Å². The van der Waals surface area contributed by atoms with Gasteiger partial charge in [-0.05, 0) is 64.2 Å². The van der Waals surface area contributed by atoms with Crippen molar-refractivity contribution in [3.05, 3.63) is 84.0 Å². The molecule has 0 fully saturated rings. The van der Waals surface area contributed by atoms with Crippen molar-refractivity contribution in [1.29, 1.82) is 0 Å². The van der Waals surface area contributed by atoms with Crippen molar-refractivity contribution >= 4 is 43.5 Å².